The normalized spacial score (nSPS) is 11.3. The Morgan fingerprint density at radius 3 is 2.48 bits per heavy atom. The minimum Gasteiger partial charge on any atom is -0.481 e. The van der Waals surface area contributed by atoms with Crippen molar-refractivity contribution in [3.05, 3.63) is 46.3 Å². The molecule has 2 aromatic heterocycles. The van der Waals surface area contributed by atoms with E-state index in [4.69, 9.17) is 4.74 Å². The number of methoxy groups -OCH3 is 1. The monoisotopic (exact) mass is 305 g/mol. The molecule has 0 amide bonds. The maximum atomic E-state index is 5.11. The van der Waals surface area contributed by atoms with Gasteiger partial charge in [-0.15, -0.1) is 0 Å². The number of rotatable bonds is 8. The second kappa shape index (κ2) is 8.12. The Kier molecular flexibility index (Phi) is 6.17. The molecule has 0 radical (unpaired) electrons. The predicted molar refractivity (Wildman–Crippen MR) is 87.8 cm³/mol. The molecule has 4 nitrogen and oxygen atoms in total. The molecule has 0 spiro atoms. The third kappa shape index (κ3) is 5.46. The molecule has 2 rings (SSSR count). The van der Waals surface area contributed by atoms with E-state index in [9.17, 15) is 0 Å². The van der Waals surface area contributed by atoms with Gasteiger partial charge >= 0.3 is 0 Å². The number of ether oxygens (including phenoxy) is 1. The zero-order chi connectivity index (χ0) is 15.1. The highest BCUT2D eigenvalue weighted by Gasteiger charge is 2.09. The summed E-state index contributed by atoms with van der Waals surface area (Å²) in [5.74, 6) is 0.663. The number of hydrogen-bond acceptors (Lipinski definition) is 5. The van der Waals surface area contributed by atoms with Crippen LogP contribution in [0, 0.1) is 0 Å². The van der Waals surface area contributed by atoms with E-state index < -0.39 is 0 Å². The molecular formula is C16H23N3OS. The lowest BCUT2D eigenvalue weighted by Crippen LogP contribution is -2.31. The van der Waals surface area contributed by atoms with E-state index in [-0.39, 0.29) is 0 Å². The quantitative estimate of drug-likeness (QED) is 0.750. The molecule has 0 N–H and O–H groups in total. The van der Waals surface area contributed by atoms with Crippen molar-refractivity contribution in [2.75, 3.05) is 34.3 Å². The van der Waals surface area contributed by atoms with Crippen LogP contribution in [0.1, 0.15) is 11.1 Å². The Hall–Kier alpha value is -1.43. The number of hydrogen-bond donors (Lipinski definition) is 0. The van der Waals surface area contributed by atoms with Gasteiger partial charge in [0.05, 0.1) is 7.11 Å². The third-order valence-electron chi connectivity index (χ3n) is 3.26. The van der Waals surface area contributed by atoms with E-state index in [0.717, 1.165) is 26.2 Å². The zero-order valence-electron chi connectivity index (χ0n) is 13.0. The van der Waals surface area contributed by atoms with Crippen molar-refractivity contribution in [3.63, 3.8) is 0 Å². The first kappa shape index (κ1) is 15.9. The molecule has 0 saturated heterocycles. The summed E-state index contributed by atoms with van der Waals surface area (Å²) in [5, 5.41) is 4.35. The van der Waals surface area contributed by atoms with Crippen LogP contribution in [0.5, 0.6) is 5.88 Å². The molecule has 2 heterocycles. The summed E-state index contributed by atoms with van der Waals surface area (Å²) in [7, 11) is 5.86. The lowest BCUT2D eigenvalue weighted by Gasteiger charge is -2.23. The van der Waals surface area contributed by atoms with Crippen LogP contribution in [0.3, 0.4) is 0 Å². The van der Waals surface area contributed by atoms with Gasteiger partial charge in [0, 0.05) is 38.4 Å². The maximum absolute atomic E-state index is 5.11. The molecule has 0 saturated carbocycles. The molecule has 0 unspecified atom stereocenters. The van der Waals surface area contributed by atoms with Gasteiger partial charge in [-0.25, -0.2) is 4.98 Å². The van der Waals surface area contributed by atoms with Crippen molar-refractivity contribution in [1.82, 2.24) is 14.8 Å². The van der Waals surface area contributed by atoms with Gasteiger partial charge in [-0.2, -0.15) is 11.3 Å². The number of nitrogens with zero attached hydrogens (tertiary/aromatic N) is 3. The van der Waals surface area contributed by atoms with Gasteiger partial charge in [-0.1, -0.05) is 6.07 Å². The van der Waals surface area contributed by atoms with Crippen LogP contribution in [0.4, 0.5) is 0 Å². The molecule has 0 aliphatic rings. The lowest BCUT2D eigenvalue weighted by molar-refractivity contribution is 0.226. The van der Waals surface area contributed by atoms with E-state index in [2.05, 4.69) is 51.8 Å². The van der Waals surface area contributed by atoms with Gasteiger partial charge in [-0.3, -0.25) is 4.90 Å². The summed E-state index contributed by atoms with van der Waals surface area (Å²) in [6.45, 7) is 3.96. The van der Waals surface area contributed by atoms with E-state index in [1.54, 1.807) is 18.4 Å². The van der Waals surface area contributed by atoms with E-state index in [0.29, 0.717) is 5.88 Å². The molecule has 2 aromatic rings. The summed E-state index contributed by atoms with van der Waals surface area (Å²) in [6, 6.07) is 6.20. The van der Waals surface area contributed by atoms with Crippen molar-refractivity contribution < 1.29 is 4.74 Å². The van der Waals surface area contributed by atoms with Crippen LogP contribution in [-0.2, 0) is 13.1 Å². The predicted octanol–water partition coefficient (Wildman–Crippen LogP) is 2.72. The Labute approximate surface area is 131 Å². The van der Waals surface area contributed by atoms with Gasteiger partial charge < -0.3 is 9.64 Å². The molecule has 0 bridgehead atoms. The second-order valence-corrected chi connectivity index (χ2v) is 6.13. The van der Waals surface area contributed by atoms with Crippen LogP contribution in [0.25, 0.3) is 0 Å². The molecule has 0 fully saturated rings. The topological polar surface area (TPSA) is 28.6 Å². The number of thiophene rings is 1. The Balaban J connectivity index is 1.99. The van der Waals surface area contributed by atoms with Gasteiger partial charge in [0.2, 0.25) is 5.88 Å². The number of aromatic nitrogens is 1. The van der Waals surface area contributed by atoms with Crippen molar-refractivity contribution in [2.24, 2.45) is 0 Å². The maximum Gasteiger partial charge on any atom is 0.212 e. The summed E-state index contributed by atoms with van der Waals surface area (Å²) >= 11 is 1.75. The largest absolute Gasteiger partial charge is 0.481 e. The Morgan fingerprint density at radius 1 is 1.10 bits per heavy atom. The lowest BCUT2D eigenvalue weighted by atomic mass is 10.2. The Bertz CT molecular complexity index is 511. The minimum atomic E-state index is 0.663. The summed E-state index contributed by atoms with van der Waals surface area (Å²) in [4.78, 5) is 8.95. The van der Waals surface area contributed by atoms with Crippen LogP contribution in [0.15, 0.2) is 35.2 Å². The SMILES string of the molecule is COc1ccc(CN(CCN(C)C)Cc2ccsc2)cn1. The average molecular weight is 305 g/mol. The van der Waals surface area contributed by atoms with Crippen molar-refractivity contribution in [3.8, 4) is 5.88 Å². The fraction of sp³-hybridized carbons (Fsp3) is 0.438. The van der Waals surface area contributed by atoms with Gasteiger partial charge in [0.1, 0.15) is 0 Å². The highest BCUT2D eigenvalue weighted by Crippen LogP contribution is 2.13. The first-order valence-corrected chi connectivity index (χ1v) is 7.98. The van der Waals surface area contributed by atoms with Gasteiger partial charge in [0.25, 0.3) is 0 Å². The highest BCUT2D eigenvalue weighted by atomic mass is 32.1. The molecular weight excluding hydrogens is 282 g/mol. The van der Waals surface area contributed by atoms with E-state index >= 15 is 0 Å². The van der Waals surface area contributed by atoms with Crippen LogP contribution in [0.2, 0.25) is 0 Å². The summed E-state index contributed by atoms with van der Waals surface area (Å²) < 4.78 is 5.11. The Morgan fingerprint density at radius 2 is 1.90 bits per heavy atom. The van der Waals surface area contributed by atoms with E-state index in [1.165, 1.54) is 11.1 Å². The van der Waals surface area contributed by atoms with Gasteiger partial charge in [-0.05, 0) is 42.0 Å². The highest BCUT2D eigenvalue weighted by molar-refractivity contribution is 7.07. The standard InChI is InChI=1S/C16H23N3OS/c1-18(2)7-8-19(12-15-6-9-21-13-15)11-14-4-5-16(20-3)17-10-14/h4-6,9-10,13H,7-8,11-12H2,1-3H3. The molecule has 0 aromatic carbocycles. The van der Waals surface area contributed by atoms with Crippen LogP contribution >= 0.6 is 11.3 Å². The minimum absolute atomic E-state index is 0.663. The van der Waals surface area contributed by atoms with Crippen molar-refractivity contribution >= 4 is 11.3 Å². The van der Waals surface area contributed by atoms with Gasteiger partial charge in [0.15, 0.2) is 0 Å². The van der Waals surface area contributed by atoms with Crippen molar-refractivity contribution in [2.45, 2.75) is 13.1 Å². The third-order valence-corrected chi connectivity index (χ3v) is 3.99. The smallest absolute Gasteiger partial charge is 0.212 e. The fourth-order valence-corrected chi connectivity index (χ4v) is 2.74. The number of pyridine rings is 1. The molecule has 5 heteroatoms. The van der Waals surface area contributed by atoms with Crippen LogP contribution < -0.4 is 4.74 Å². The summed E-state index contributed by atoms with van der Waals surface area (Å²) in [6.07, 6.45) is 1.90. The second-order valence-electron chi connectivity index (χ2n) is 5.35. The van der Waals surface area contributed by atoms with E-state index in [1.807, 2.05) is 12.3 Å². The van der Waals surface area contributed by atoms with Crippen LogP contribution in [-0.4, -0.2) is 49.1 Å². The first-order chi connectivity index (χ1) is 10.2. The fourth-order valence-electron chi connectivity index (χ4n) is 2.08. The molecule has 0 aliphatic carbocycles. The zero-order valence-corrected chi connectivity index (χ0v) is 13.8. The summed E-state index contributed by atoms with van der Waals surface area (Å²) in [5.41, 5.74) is 2.59. The van der Waals surface area contributed by atoms with Crippen molar-refractivity contribution in [1.29, 1.82) is 0 Å². The average Bonchev–Trinajstić information content (AvgIpc) is 2.98. The molecule has 114 valence electrons. The molecule has 0 aliphatic heterocycles. The number of likely N-dealkylation sites (N-methyl/N-ethyl adjacent to an activating group) is 1. The molecule has 21 heavy (non-hydrogen) atoms. The molecule has 0 atom stereocenters. The first-order valence-electron chi connectivity index (χ1n) is 7.04.